The Bertz CT molecular complexity index is 236. The van der Waals surface area contributed by atoms with Gasteiger partial charge in [0.05, 0.1) is 12.2 Å². The molecular formula is C11H20FNO3. The molecule has 0 aromatic rings. The van der Waals surface area contributed by atoms with E-state index in [9.17, 15) is 14.0 Å². The van der Waals surface area contributed by atoms with Crippen molar-refractivity contribution in [2.75, 3.05) is 0 Å². The zero-order valence-corrected chi connectivity index (χ0v) is 10.2. The van der Waals surface area contributed by atoms with Gasteiger partial charge in [-0.05, 0) is 40.5 Å². The van der Waals surface area contributed by atoms with Crippen molar-refractivity contribution in [3.05, 3.63) is 0 Å². The number of ether oxygens (including phenoxy) is 1. The van der Waals surface area contributed by atoms with Gasteiger partial charge in [-0.2, -0.15) is 0 Å². The highest BCUT2D eigenvalue weighted by Crippen LogP contribution is 2.08. The van der Waals surface area contributed by atoms with E-state index in [-0.39, 0.29) is 12.8 Å². The predicted octanol–water partition coefficient (Wildman–Crippen LogP) is 2.22. The highest BCUT2D eigenvalue weighted by molar-refractivity contribution is 5.73. The molecule has 5 heteroatoms. The van der Waals surface area contributed by atoms with Gasteiger partial charge in [0.2, 0.25) is 0 Å². The summed E-state index contributed by atoms with van der Waals surface area (Å²) < 4.78 is 17.5. The van der Waals surface area contributed by atoms with Crippen molar-refractivity contribution in [3.63, 3.8) is 0 Å². The van der Waals surface area contributed by atoms with E-state index in [1.54, 1.807) is 20.8 Å². The lowest BCUT2D eigenvalue weighted by atomic mass is 10.1. The summed E-state index contributed by atoms with van der Waals surface area (Å²) in [5.74, 6) is 0. The third-order valence-corrected chi connectivity index (χ3v) is 1.74. The number of aldehydes is 1. The predicted molar refractivity (Wildman–Crippen MR) is 59.0 cm³/mol. The van der Waals surface area contributed by atoms with E-state index in [1.807, 2.05) is 0 Å². The SMILES string of the molecule is CC(F)CC[C@@H](C=O)NC(=O)OC(C)(C)C. The highest BCUT2D eigenvalue weighted by Gasteiger charge is 2.19. The van der Waals surface area contributed by atoms with Crippen molar-refractivity contribution in [3.8, 4) is 0 Å². The molecule has 94 valence electrons. The van der Waals surface area contributed by atoms with E-state index in [0.29, 0.717) is 6.29 Å². The number of carbonyl (C=O) groups is 2. The molecule has 4 nitrogen and oxygen atoms in total. The van der Waals surface area contributed by atoms with Gasteiger partial charge in [0.25, 0.3) is 0 Å². The van der Waals surface area contributed by atoms with Crippen LogP contribution in [0.1, 0.15) is 40.5 Å². The van der Waals surface area contributed by atoms with Crippen molar-refractivity contribution in [1.82, 2.24) is 5.32 Å². The molecule has 0 saturated carbocycles. The van der Waals surface area contributed by atoms with E-state index in [4.69, 9.17) is 4.74 Å². The van der Waals surface area contributed by atoms with E-state index in [2.05, 4.69) is 5.32 Å². The summed E-state index contributed by atoms with van der Waals surface area (Å²) in [5, 5.41) is 2.38. The number of nitrogens with one attached hydrogen (secondary N) is 1. The summed E-state index contributed by atoms with van der Waals surface area (Å²) in [7, 11) is 0. The average molecular weight is 233 g/mol. The first-order valence-electron chi connectivity index (χ1n) is 5.33. The Kier molecular flexibility index (Phi) is 6.00. The molecule has 0 fully saturated rings. The van der Waals surface area contributed by atoms with Crippen molar-refractivity contribution >= 4 is 12.4 Å². The molecule has 1 amide bonds. The van der Waals surface area contributed by atoms with Crippen molar-refractivity contribution in [1.29, 1.82) is 0 Å². The molecule has 2 atom stereocenters. The van der Waals surface area contributed by atoms with E-state index in [0.717, 1.165) is 0 Å². The maximum absolute atomic E-state index is 12.5. The zero-order valence-electron chi connectivity index (χ0n) is 10.2. The molecule has 16 heavy (non-hydrogen) atoms. The van der Waals surface area contributed by atoms with Gasteiger partial charge in [0.1, 0.15) is 11.9 Å². The smallest absolute Gasteiger partial charge is 0.408 e. The molecule has 0 aliphatic heterocycles. The minimum absolute atomic E-state index is 0.235. The molecule has 0 radical (unpaired) electrons. The minimum Gasteiger partial charge on any atom is -0.444 e. The molecule has 0 saturated heterocycles. The molecule has 0 aromatic carbocycles. The molecular weight excluding hydrogens is 213 g/mol. The quantitative estimate of drug-likeness (QED) is 0.741. The van der Waals surface area contributed by atoms with Crippen molar-refractivity contribution < 1.29 is 18.7 Å². The van der Waals surface area contributed by atoms with Gasteiger partial charge in [-0.25, -0.2) is 9.18 Å². The van der Waals surface area contributed by atoms with Crippen LogP contribution in [0.25, 0.3) is 0 Å². The number of halogens is 1. The number of hydrogen-bond acceptors (Lipinski definition) is 3. The second kappa shape index (κ2) is 6.45. The largest absolute Gasteiger partial charge is 0.444 e. The summed E-state index contributed by atoms with van der Waals surface area (Å²) in [6.07, 6.45) is -0.537. The van der Waals surface area contributed by atoms with Crippen LogP contribution in [-0.2, 0) is 9.53 Å². The Morgan fingerprint density at radius 2 is 2.00 bits per heavy atom. The van der Waals surface area contributed by atoms with Gasteiger partial charge >= 0.3 is 6.09 Å². The Morgan fingerprint density at radius 3 is 2.38 bits per heavy atom. The zero-order chi connectivity index (χ0) is 12.8. The van der Waals surface area contributed by atoms with Crippen LogP contribution in [0.15, 0.2) is 0 Å². The fourth-order valence-corrected chi connectivity index (χ4v) is 1.04. The van der Waals surface area contributed by atoms with Gasteiger partial charge in [0.15, 0.2) is 0 Å². The Labute approximate surface area is 95.5 Å². The highest BCUT2D eigenvalue weighted by atomic mass is 19.1. The van der Waals surface area contributed by atoms with E-state index < -0.39 is 23.9 Å². The molecule has 0 aliphatic carbocycles. The molecule has 0 bridgehead atoms. The Morgan fingerprint density at radius 1 is 1.44 bits per heavy atom. The van der Waals surface area contributed by atoms with Crippen LogP contribution in [0.3, 0.4) is 0 Å². The monoisotopic (exact) mass is 233 g/mol. The average Bonchev–Trinajstić information content (AvgIpc) is 2.08. The third kappa shape index (κ3) is 8.20. The minimum atomic E-state index is -0.983. The first kappa shape index (κ1) is 14.9. The topological polar surface area (TPSA) is 55.4 Å². The first-order chi connectivity index (χ1) is 7.24. The molecule has 1 N–H and O–H groups in total. The molecule has 1 unspecified atom stereocenters. The molecule has 0 aliphatic rings. The summed E-state index contributed by atoms with van der Waals surface area (Å²) in [4.78, 5) is 21.9. The normalized spacial score (nSPS) is 15.1. The van der Waals surface area contributed by atoms with Crippen molar-refractivity contribution in [2.45, 2.75) is 58.4 Å². The maximum Gasteiger partial charge on any atom is 0.408 e. The third-order valence-electron chi connectivity index (χ3n) is 1.74. The number of alkyl halides is 1. The molecule has 0 rings (SSSR count). The van der Waals surface area contributed by atoms with Gasteiger partial charge in [-0.3, -0.25) is 0 Å². The Hall–Kier alpha value is -1.13. The lowest BCUT2D eigenvalue weighted by molar-refractivity contribution is -0.109. The standard InChI is InChI=1S/C11H20FNO3/c1-8(12)5-6-9(7-14)13-10(15)16-11(2,3)4/h7-9H,5-6H2,1-4H3,(H,13,15)/t8?,9-/m0/s1. The summed E-state index contributed by atoms with van der Waals surface area (Å²) in [6.45, 7) is 6.60. The Balaban J connectivity index is 4.02. The van der Waals surface area contributed by atoms with Gasteiger partial charge in [-0.1, -0.05) is 0 Å². The second-order valence-electron chi connectivity index (χ2n) is 4.75. The van der Waals surface area contributed by atoms with Crippen LogP contribution in [0.2, 0.25) is 0 Å². The lowest BCUT2D eigenvalue weighted by Gasteiger charge is -2.21. The van der Waals surface area contributed by atoms with Crippen LogP contribution in [0.4, 0.5) is 9.18 Å². The first-order valence-corrected chi connectivity index (χ1v) is 5.33. The van der Waals surface area contributed by atoms with Crippen molar-refractivity contribution in [2.24, 2.45) is 0 Å². The van der Waals surface area contributed by atoms with Crippen LogP contribution >= 0.6 is 0 Å². The molecule has 0 aromatic heterocycles. The fraction of sp³-hybridized carbons (Fsp3) is 0.818. The van der Waals surface area contributed by atoms with Gasteiger partial charge in [-0.15, -0.1) is 0 Å². The van der Waals surface area contributed by atoms with Gasteiger partial charge in [0, 0.05) is 0 Å². The number of alkyl carbamates (subject to hydrolysis) is 1. The van der Waals surface area contributed by atoms with E-state index >= 15 is 0 Å². The van der Waals surface area contributed by atoms with Crippen LogP contribution in [0, 0.1) is 0 Å². The number of amides is 1. The van der Waals surface area contributed by atoms with Gasteiger partial charge < -0.3 is 14.8 Å². The number of hydrogen-bond donors (Lipinski definition) is 1. The van der Waals surface area contributed by atoms with Crippen LogP contribution in [0.5, 0.6) is 0 Å². The van der Waals surface area contributed by atoms with Crippen LogP contribution < -0.4 is 5.32 Å². The maximum atomic E-state index is 12.5. The molecule has 0 spiro atoms. The summed E-state index contributed by atoms with van der Waals surface area (Å²) >= 11 is 0. The molecule has 0 heterocycles. The number of carbonyl (C=O) groups excluding carboxylic acids is 2. The van der Waals surface area contributed by atoms with Crippen LogP contribution in [-0.4, -0.2) is 30.2 Å². The lowest BCUT2D eigenvalue weighted by Crippen LogP contribution is -2.40. The summed E-state index contributed by atoms with van der Waals surface area (Å²) in [5.41, 5.74) is -0.606. The fourth-order valence-electron chi connectivity index (χ4n) is 1.04. The van der Waals surface area contributed by atoms with E-state index in [1.165, 1.54) is 6.92 Å². The summed E-state index contributed by atoms with van der Waals surface area (Å²) in [6, 6.07) is -0.687. The second-order valence-corrected chi connectivity index (χ2v) is 4.75. The number of rotatable bonds is 5.